The summed E-state index contributed by atoms with van der Waals surface area (Å²) in [5.41, 5.74) is 1.19. The van der Waals surface area contributed by atoms with E-state index >= 15 is 0 Å². The summed E-state index contributed by atoms with van der Waals surface area (Å²) in [6, 6.07) is 8.51. The van der Waals surface area contributed by atoms with Crippen LogP contribution in [0.3, 0.4) is 0 Å². The lowest BCUT2D eigenvalue weighted by Crippen LogP contribution is -2.40. The third-order valence-corrected chi connectivity index (χ3v) is 5.78. The van der Waals surface area contributed by atoms with E-state index < -0.39 is 0 Å². The summed E-state index contributed by atoms with van der Waals surface area (Å²) in [7, 11) is 0. The molecule has 1 aliphatic carbocycles. The molecular weight excluding hydrogens is 278 g/mol. The Morgan fingerprint density at radius 1 is 1.37 bits per heavy atom. The van der Waals surface area contributed by atoms with Crippen LogP contribution in [-0.4, -0.2) is 23.6 Å². The monoisotopic (exact) mass is 295 g/mol. The highest BCUT2D eigenvalue weighted by molar-refractivity contribution is 7.99. The molecule has 1 N–H and O–H groups in total. The third-order valence-electron chi connectivity index (χ3n) is 4.20. The van der Waals surface area contributed by atoms with Crippen LogP contribution in [0.1, 0.15) is 30.7 Å². The molecule has 1 fully saturated rings. The van der Waals surface area contributed by atoms with Crippen molar-refractivity contribution in [3.63, 3.8) is 0 Å². The fourth-order valence-corrected chi connectivity index (χ4v) is 4.67. The van der Waals surface area contributed by atoms with E-state index in [1.165, 1.54) is 16.9 Å². The Labute approximate surface area is 123 Å². The van der Waals surface area contributed by atoms with E-state index in [0.717, 1.165) is 18.6 Å². The normalized spacial score (nSPS) is 29.2. The Hall–Kier alpha value is -0.670. The molecule has 1 aromatic rings. The van der Waals surface area contributed by atoms with Crippen molar-refractivity contribution < 1.29 is 4.79 Å². The summed E-state index contributed by atoms with van der Waals surface area (Å²) < 4.78 is 0. The highest BCUT2D eigenvalue weighted by atomic mass is 35.5. The first-order valence-electron chi connectivity index (χ1n) is 6.87. The maximum absolute atomic E-state index is 12.5. The van der Waals surface area contributed by atoms with Crippen molar-refractivity contribution >= 4 is 29.3 Å². The summed E-state index contributed by atoms with van der Waals surface area (Å²) in [5, 5.41) is 3.23. The molecule has 3 atom stereocenters. The molecule has 0 bridgehead atoms. The van der Waals surface area contributed by atoms with Gasteiger partial charge in [0.05, 0.1) is 5.92 Å². The number of benzene rings is 1. The standard InChI is InChI=1S/C15H18ClNOS/c16-8-10-4-3-6-13(10)17-15(18)12-9-19-14-7-2-1-5-11(12)14/h1-2,5,7,10,12-13H,3-4,6,8-9H2,(H,17,18). The molecule has 0 aromatic heterocycles. The topological polar surface area (TPSA) is 29.1 Å². The molecule has 3 unspecified atom stereocenters. The molecule has 1 aromatic carbocycles. The number of hydrogen-bond acceptors (Lipinski definition) is 2. The first-order valence-corrected chi connectivity index (χ1v) is 8.39. The van der Waals surface area contributed by atoms with Gasteiger partial charge in [-0.2, -0.15) is 0 Å². The molecule has 1 saturated carbocycles. The molecular formula is C15H18ClNOS. The minimum absolute atomic E-state index is 0.0118. The fourth-order valence-electron chi connectivity index (χ4n) is 3.07. The van der Waals surface area contributed by atoms with Gasteiger partial charge in [-0.3, -0.25) is 4.79 Å². The molecule has 19 heavy (non-hydrogen) atoms. The summed E-state index contributed by atoms with van der Waals surface area (Å²) in [6.45, 7) is 0. The van der Waals surface area contributed by atoms with E-state index in [0.29, 0.717) is 11.8 Å². The average Bonchev–Trinajstić information content (AvgIpc) is 3.04. The number of rotatable bonds is 3. The molecule has 102 valence electrons. The zero-order chi connectivity index (χ0) is 13.2. The number of carbonyl (C=O) groups is 1. The van der Waals surface area contributed by atoms with Crippen LogP contribution in [0, 0.1) is 5.92 Å². The predicted octanol–water partition coefficient (Wildman–Crippen LogP) is 3.40. The Kier molecular flexibility index (Phi) is 4.04. The lowest BCUT2D eigenvalue weighted by molar-refractivity contribution is -0.123. The van der Waals surface area contributed by atoms with Crippen LogP contribution in [0.4, 0.5) is 0 Å². The van der Waals surface area contributed by atoms with Crippen molar-refractivity contribution in [1.29, 1.82) is 0 Å². The van der Waals surface area contributed by atoms with E-state index in [1.807, 2.05) is 12.1 Å². The summed E-state index contributed by atoms with van der Waals surface area (Å²) in [5.74, 6) is 2.16. The Bertz CT molecular complexity index is 479. The molecule has 2 aliphatic rings. The van der Waals surface area contributed by atoms with Crippen molar-refractivity contribution in [2.75, 3.05) is 11.6 Å². The largest absolute Gasteiger partial charge is 0.352 e. The van der Waals surface area contributed by atoms with Crippen molar-refractivity contribution in [3.8, 4) is 0 Å². The minimum Gasteiger partial charge on any atom is -0.352 e. The maximum Gasteiger partial charge on any atom is 0.228 e. The van der Waals surface area contributed by atoms with Gasteiger partial charge in [0.25, 0.3) is 0 Å². The number of nitrogens with one attached hydrogen (secondary N) is 1. The average molecular weight is 296 g/mol. The highest BCUT2D eigenvalue weighted by Gasteiger charge is 2.33. The quantitative estimate of drug-likeness (QED) is 0.866. The smallest absolute Gasteiger partial charge is 0.228 e. The molecule has 0 saturated heterocycles. The van der Waals surface area contributed by atoms with Crippen LogP contribution in [0.5, 0.6) is 0 Å². The molecule has 2 nitrogen and oxygen atoms in total. The van der Waals surface area contributed by atoms with E-state index in [2.05, 4.69) is 17.4 Å². The molecule has 0 spiro atoms. The van der Waals surface area contributed by atoms with Gasteiger partial charge in [-0.1, -0.05) is 24.6 Å². The van der Waals surface area contributed by atoms with E-state index in [-0.39, 0.29) is 17.9 Å². The zero-order valence-electron chi connectivity index (χ0n) is 10.8. The molecule has 3 rings (SSSR count). The molecule has 1 amide bonds. The fraction of sp³-hybridized carbons (Fsp3) is 0.533. The second kappa shape index (κ2) is 5.76. The van der Waals surface area contributed by atoms with Crippen LogP contribution >= 0.6 is 23.4 Å². The van der Waals surface area contributed by atoms with Gasteiger partial charge in [-0.05, 0) is 30.4 Å². The lowest BCUT2D eigenvalue weighted by Gasteiger charge is -2.21. The van der Waals surface area contributed by atoms with E-state index in [9.17, 15) is 4.79 Å². The SMILES string of the molecule is O=C(NC1CCCC1CCl)C1CSc2ccccc21. The van der Waals surface area contributed by atoms with E-state index in [1.54, 1.807) is 11.8 Å². The maximum atomic E-state index is 12.5. The predicted molar refractivity (Wildman–Crippen MR) is 79.9 cm³/mol. The van der Waals surface area contributed by atoms with Gasteiger partial charge in [-0.15, -0.1) is 23.4 Å². The first kappa shape index (κ1) is 13.3. The summed E-state index contributed by atoms with van der Waals surface area (Å²) >= 11 is 7.75. The molecule has 0 radical (unpaired) electrons. The number of thioether (sulfide) groups is 1. The second-order valence-corrected chi connectivity index (χ2v) is 6.73. The molecule has 1 heterocycles. The van der Waals surface area contributed by atoms with Gasteiger partial charge in [0, 0.05) is 22.6 Å². The van der Waals surface area contributed by atoms with Gasteiger partial charge < -0.3 is 5.32 Å². The number of halogens is 1. The van der Waals surface area contributed by atoms with Crippen molar-refractivity contribution in [3.05, 3.63) is 29.8 Å². The minimum atomic E-state index is 0.0118. The van der Waals surface area contributed by atoms with Gasteiger partial charge in [-0.25, -0.2) is 0 Å². The molecule has 4 heteroatoms. The van der Waals surface area contributed by atoms with Crippen molar-refractivity contribution in [2.24, 2.45) is 5.92 Å². The van der Waals surface area contributed by atoms with Crippen LogP contribution in [-0.2, 0) is 4.79 Å². The Morgan fingerprint density at radius 2 is 2.21 bits per heavy atom. The van der Waals surface area contributed by atoms with Crippen LogP contribution in [0.25, 0.3) is 0 Å². The zero-order valence-corrected chi connectivity index (χ0v) is 12.3. The number of fused-ring (bicyclic) bond motifs is 1. The first-order chi connectivity index (χ1) is 9.29. The van der Waals surface area contributed by atoms with Crippen LogP contribution in [0.15, 0.2) is 29.2 Å². The number of carbonyl (C=O) groups excluding carboxylic acids is 1. The van der Waals surface area contributed by atoms with Gasteiger partial charge in [0.15, 0.2) is 0 Å². The summed E-state index contributed by atoms with van der Waals surface area (Å²) in [6.07, 6.45) is 3.40. The van der Waals surface area contributed by atoms with Crippen LogP contribution < -0.4 is 5.32 Å². The van der Waals surface area contributed by atoms with Gasteiger partial charge >= 0.3 is 0 Å². The highest BCUT2D eigenvalue weighted by Crippen LogP contribution is 2.39. The van der Waals surface area contributed by atoms with E-state index in [4.69, 9.17) is 11.6 Å². The number of alkyl halides is 1. The second-order valence-electron chi connectivity index (χ2n) is 5.36. The Balaban J connectivity index is 1.69. The van der Waals surface area contributed by atoms with Gasteiger partial charge in [0.1, 0.15) is 0 Å². The lowest BCUT2D eigenvalue weighted by atomic mass is 9.99. The summed E-state index contributed by atoms with van der Waals surface area (Å²) in [4.78, 5) is 13.7. The number of amides is 1. The third kappa shape index (κ3) is 2.63. The Morgan fingerprint density at radius 3 is 3.05 bits per heavy atom. The number of hydrogen-bond donors (Lipinski definition) is 1. The van der Waals surface area contributed by atoms with Crippen LogP contribution in [0.2, 0.25) is 0 Å². The van der Waals surface area contributed by atoms with Crippen molar-refractivity contribution in [2.45, 2.75) is 36.1 Å². The van der Waals surface area contributed by atoms with Gasteiger partial charge in [0.2, 0.25) is 5.91 Å². The molecule has 1 aliphatic heterocycles. The van der Waals surface area contributed by atoms with Crippen molar-refractivity contribution in [1.82, 2.24) is 5.32 Å².